The zero-order valence-corrected chi connectivity index (χ0v) is 12.1. The summed E-state index contributed by atoms with van der Waals surface area (Å²) in [4.78, 5) is 14.2. The van der Waals surface area contributed by atoms with Gasteiger partial charge in [0.25, 0.3) is 0 Å². The molecule has 1 aliphatic rings. The van der Waals surface area contributed by atoms with Crippen LogP contribution in [0.25, 0.3) is 0 Å². The predicted molar refractivity (Wildman–Crippen MR) is 79.2 cm³/mol. The second-order valence-corrected chi connectivity index (χ2v) is 6.40. The number of hydrogen-bond acceptors (Lipinski definition) is 2. The van der Waals surface area contributed by atoms with Gasteiger partial charge in [-0.25, -0.2) is 0 Å². The van der Waals surface area contributed by atoms with Gasteiger partial charge in [-0.3, -0.25) is 4.79 Å². The van der Waals surface area contributed by atoms with E-state index in [1.165, 1.54) is 5.69 Å². The molecule has 0 unspecified atom stereocenters. The van der Waals surface area contributed by atoms with Crippen LogP contribution in [-0.2, 0) is 4.79 Å². The van der Waals surface area contributed by atoms with Crippen molar-refractivity contribution in [3.05, 3.63) is 30.3 Å². The molecule has 19 heavy (non-hydrogen) atoms. The fourth-order valence-corrected chi connectivity index (χ4v) is 2.37. The van der Waals surface area contributed by atoms with E-state index >= 15 is 0 Å². The van der Waals surface area contributed by atoms with Crippen molar-refractivity contribution in [2.75, 3.05) is 24.5 Å². The highest BCUT2D eigenvalue weighted by atomic mass is 16.2. The molecule has 0 saturated carbocycles. The smallest absolute Gasteiger partial charge is 0.225 e. The van der Waals surface area contributed by atoms with E-state index in [4.69, 9.17) is 0 Å². The normalized spacial score (nSPS) is 19.5. The molecule has 1 heterocycles. The van der Waals surface area contributed by atoms with Gasteiger partial charge in [0.05, 0.1) is 0 Å². The summed E-state index contributed by atoms with van der Waals surface area (Å²) in [5.41, 5.74) is 0.990. The zero-order chi connectivity index (χ0) is 13.9. The molecular formula is C16H24N2O. The minimum Gasteiger partial charge on any atom is -0.371 e. The number of benzene rings is 1. The summed E-state index contributed by atoms with van der Waals surface area (Å²) in [5, 5.41) is 3.07. The summed E-state index contributed by atoms with van der Waals surface area (Å²) in [7, 11) is 0. The summed E-state index contributed by atoms with van der Waals surface area (Å²) in [6.07, 6.45) is 1.15. The average Bonchev–Trinajstić information content (AvgIpc) is 2.84. The maximum atomic E-state index is 11.8. The molecule has 1 fully saturated rings. The first kappa shape index (κ1) is 13.9. The van der Waals surface area contributed by atoms with Crippen molar-refractivity contribution in [1.82, 2.24) is 5.32 Å². The van der Waals surface area contributed by atoms with Crippen LogP contribution in [0.1, 0.15) is 27.2 Å². The molecule has 3 nitrogen and oxygen atoms in total. The lowest BCUT2D eigenvalue weighted by molar-refractivity contribution is -0.128. The topological polar surface area (TPSA) is 32.3 Å². The molecule has 1 N–H and O–H groups in total. The molecule has 0 aromatic heterocycles. The van der Waals surface area contributed by atoms with E-state index in [2.05, 4.69) is 34.5 Å². The van der Waals surface area contributed by atoms with Gasteiger partial charge in [-0.05, 0) is 24.5 Å². The summed E-state index contributed by atoms with van der Waals surface area (Å²) < 4.78 is 0. The molecule has 1 saturated heterocycles. The van der Waals surface area contributed by atoms with E-state index in [0.29, 0.717) is 5.92 Å². The van der Waals surface area contributed by atoms with Gasteiger partial charge in [0.2, 0.25) is 5.91 Å². The zero-order valence-electron chi connectivity index (χ0n) is 12.1. The lowest BCUT2D eigenvalue weighted by Crippen LogP contribution is -2.38. The Labute approximate surface area is 116 Å². The summed E-state index contributed by atoms with van der Waals surface area (Å²) in [6, 6.07) is 10.5. The largest absolute Gasteiger partial charge is 0.371 e. The van der Waals surface area contributed by atoms with E-state index in [1.807, 2.05) is 26.8 Å². The van der Waals surface area contributed by atoms with Crippen molar-refractivity contribution < 1.29 is 4.79 Å². The van der Waals surface area contributed by atoms with Crippen LogP contribution in [0.4, 0.5) is 5.69 Å². The lowest BCUT2D eigenvalue weighted by atomic mass is 9.95. The molecule has 0 bridgehead atoms. The number of carbonyl (C=O) groups excluding carboxylic acids is 1. The summed E-state index contributed by atoms with van der Waals surface area (Å²) in [5.74, 6) is 0.706. The summed E-state index contributed by atoms with van der Waals surface area (Å²) >= 11 is 0. The van der Waals surface area contributed by atoms with Crippen molar-refractivity contribution in [2.45, 2.75) is 27.2 Å². The standard InChI is InChI=1S/C16H24N2O/c1-16(2,3)15(19)17-11-13-9-10-18(12-13)14-7-5-4-6-8-14/h4-8,13H,9-12H2,1-3H3,(H,17,19)/t13-/m0/s1. The number of para-hydroxylation sites is 1. The van der Waals surface area contributed by atoms with Crippen LogP contribution >= 0.6 is 0 Å². The number of carbonyl (C=O) groups is 1. The van der Waals surface area contributed by atoms with Crippen LogP contribution in [0.3, 0.4) is 0 Å². The molecule has 1 aromatic rings. The number of rotatable bonds is 3. The molecule has 2 rings (SSSR count). The Morgan fingerprint density at radius 2 is 2.00 bits per heavy atom. The van der Waals surface area contributed by atoms with E-state index in [0.717, 1.165) is 26.1 Å². The molecular weight excluding hydrogens is 236 g/mol. The van der Waals surface area contributed by atoms with Gasteiger partial charge in [0, 0.05) is 30.7 Å². The number of anilines is 1. The third kappa shape index (κ3) is 3.72. The molecule has 1 aliphatic heterocycles. The quantitative estimate of drug-likeness (QED) is 0.906. The van der Waals surface area contributed by atoms with Gasteiger partial charge in [-0.15, -0.1) is 0 Å². The fraction of sp³-hybridized carbons (Fsp3) is 0.562. The van der Waals surface area contributed by atoms with E-state index in [1.54, 1.807) is 0 Å². The Kier molecular flexibility index (Phi) is 4.13. The highest BCUT2D eigenvalue weighted by molar-refractivity contribution is 5.81. The minimum atomic E-state index is -0.294. The van der Waals surface area contributed by atoms with Gasteiger partial charge >= 0.3 is 0 Å². The van der Waals surface area contributed by atoms with Gasteiger partial charge < -0.3 is 10.2 Å². The van der Waals surface area contributed by atoms with Gasteiger partial charge in [-0.1, -0.05) is 39.0 Å². The number of amides is 1. The molecule has 3 heteroatoms. The maximum Gasteiger partial charge on any atom is 0.225 e. The molecule has 0 aliphatic carbocycles. The summed E-state index contributed by atoms with van der Waals surface area (Å²) in [6.45, 7) is 8.77. The van der Waals surface area contributed by atoms with E-state index in [9.17, 15) is 4.79 Å². The number of nitrogens with zero attached hydrogens (tertiary/aromatic N) is 1. The van der Waals surface area contributed by atoms with Crippen LogP contribution in [0.5, 0.6) is 0 Å². The molecule has 1 aromatic carbocycles. The second kappa shape index (κ2) is 5.64. The monoisotopic (exact) mass is 260 g/mol. The van der Waals surface area contributed by atoms with E-state index in [-0.39, 0.29) is 11.3 Å². The van der Waals surface area contributed by atoms with E-state index < -0.39 is 0 Å². The molecule has 0 radical (unpaired) electrons. The number of hydrogen-bond donors (Lipinski definition) is 1. The van der Waals surface area contributed by atoms with Crippen LogP contribution < -0.4 is 10.2 Å². The SMILES string of the molecule is CC(C)(C)C(=O)NC[C@@H]1CCN(c2ccccc2)C1. The van der Waals surface area contributed by atoms with Crippen molar-refractivity contribution in [2.24, 2.45) is 11.3 Å². The first-order chi connectivity index (χ1) is 8.97. The fourth-order valence-electron chi connectivity index (χ4n) is 2.37. The van der Waals surface area contributed by atoms with Gasteiger partial charge in [0.1, 0.15) is 0 Å². The molecule has 1 atom stereocenters. The lowest BCUT2D eigenvalue weighted by Gasteiger charge is -2.21. The Hall–Kier alpha value is -1.51. The van der Waals surface area contributed by atoms with Crippen LogP contribution in [-0.4, -0.2) is 25.5 Å². The van der Waals surface area contributed by atoms with Crippen LogP contribution in [0.2, 0.25) is 0 Å². The molecule has 0 spiro atoms. The Bertz CT molecular complexity index is 422. The van der Waals surface area contributed by atoms with Crippen LogP contribution in [0.15, 0.2) is 30.3 Å². The Morgan fingerprint density at radius 3 is 2.63 bits per heavy atom. The molecule has 1 amide bonds. The highest BCUT2D eigenvalue weighted by Gasteiger charge is 2.25. The molecule has 104 valence electrons. The Balaban J connectivity index is 1.82. The number of nitrogens with one attached hydrogen (secondary N) is 1. The van der Waals surface area contributed by atoms with Gasteiger partial charge in [-0.2, -0.15) is 0 Å². The Morgan fingerprint density at radius 1 is 1.32 bits per heavy atom. The van der Waals surface area contributed by atoms with Crippen molar-refractivity contribution >= 4 is 11.6 Å². The van der Waals surface area contributed by atoms with Crippen molar-refractivity contribution in [3.8, 4) is 0 Å². The third-order valence-electron chi connectivity index (χ3n) is 3.64. The minimum absolute atomic E-state index is 0.144. The average molecular weight is 260 g/mol. The predicted octanol–water partition coefficient (Wildman–Crippen LogP) is 2.68. The second-order valence-electron chi connectivity index (χ2n) is 6.40. The maximum absolute atomic E-state index is 11.8. The van der Waals surface area contributed by atoms with Crippen LogP contribution in [0, 0.1) is 11.3 Å². The van der Waals surface area contributed by atoms with Gasteiger partial charge in [0.15, 0.2) is 0 Å². The van der Waals surface area contributed by atoms with Crippen molar-refractivity contribution in [3.63, 3.8) is 0 Å². The van der Waals surface area contributed by atoms with Crippen molar-refractivity contribution in [1.29, 1.82) is 0 Å². The highest BCUT2D eigenvalue weighted by Crippen LogP contribution is 2.23. The third-order valence-corrected chi connectivity index (χ3v) is 3.64. The first-order valence-electron chi connectivity index (χ1n) is 7.05. The first-order valence-corrected chi connectivity index (χ1v) is 7.05.